The van der Waals surface area contributed by atoms with Crippen LogP contribution in [0.4, 0.5) is 0 Å². The first-order valence-corrected chi connectivity index (χ1v) is 12.0. The third kappa shape index (κ3) is 8.31. The molecule has 0 saturated carbocycles. The predicted molar refractivity (Wildman–Crippen MR) is 138 cm³/mol. The number of carbonyl (C=O) groups excluding carboxylic acids is 2. The molecule has 2 amide bonds. The number of hydrogen-bond acceptors (Lipinski definition) is 7. The fraction of sp³-hybridized carbons (Fsp3) is 0.333. The lowest BCUT2D eigenvalue weighted by Gasteiger charge is -2.12. The molecule has 3 aromatic rings. The quantitative estimate of drug-likeness (QED) is 0.209. The van der Waals surface area contributed by atoms with E-state index in [-0.39, 0.29) is 18.4 Å². The molecule has 36 heavy (non-hydrogen) atoms. The van der Waals surface area contributed by atoms with Gasteiger partial charge >= 0.3 is 0 Å². The highest BCUT2D eigenvalue weighted by molar-refractivity contribution is 5.98. The normalized spacial score (nSPS) is 11.0. The van der Waals surface area contributed by atoms with Crippen LogP contribution in [-0.4, -0.2) is 25.0 Å². The van der Waals surface area contributed by atoms with Crippen molar-refractivity contribution in [1.82, 2.24) is 22.0 Å². The highest BCUT2D eigenvalue weighted by Crippen LogP contribution is 2.19. The minimum absolute atomic E-state index is 0.230. The van der Waals surface area contributed by atoms with Crippen LogP contribution in [0, 0.1) is 12.8 Å². The molecule has 0 aromatic heterocycles. The van der Waals surface area contributed by atoms with Crippen LogP contribution in [0.3, 0.4) is 0 Å². The summed E-state index contributed by atoms with van der Waals surface area (Å²) in [4.78, 5) is 35.0. The molecule has 0 spiro atoms. The lowest BCUT2D eigenvalue weighted by Crippen LogP contribution is -2.37. The van der Waals surface area contributed by atoms with Crippen LogP contribution in [0.5, 0.6) is 5.75 Å². The van der Waals surface area contributed by atoms with E-state index in [1.165, 1.54) is 0 Å². The first-order chi connectivity index (χ1) is 17.4. The van der Waals surface area contributed by atoms with E-state index in [1.54, 1.807) is 24.3 Å². The average Bonchev–Trinajstić information content (AvgIpc) is 2.85. The third-order valence-corrected chi connectivity index (χ3v) is 5.30. The maximum atomic E-state index is 12.5. The molecule has 9 heteroatoms. The number of fused-ring (bicyclic) bond motifs is 1. The Hall–Kier alpha value is -3.50. The third-order valence-electron chi connectivity index (χ3n) is 5.30. The molecule has 3 rings (SSSR count). The Bertz CT molecular complexity index is 1180. The van der Waals surface area contributed by atoms with Gasteiger partial charge in [-0.2, -0.15) is 0 Å². The Morgan fingerprint density at radius 3 is 2.28 bits per heavy atom. The predicted octanol–water partition coefficient (Wildman–Crippen LogP) is 4.13. The molecular weight excluding hydrogens is 460 g/mol. The second-order valence-electron chi connectivity index (χ2n) is 8.80. The van der Waals surface area contributed by atoms with Crippen molar-refractivity contribution in [3.05, 3.63) is 76.9 Å². The molecule has 0 unspecified atom stereocenters. The van der Waals surface area contributed by atoms with Crippen molar-refractivity contribution in [3.8, 4) is 5.75 Å². The molecule has 0 aliphatic carbocycles. The lowest BCUT2D eigenvalue weighted by atomic mass is 10.0. The summed E-state index contributed by atoms with van der Waals surface area (Å²) in [5.74, 6) is 0.606. The molecule has 0 aliphatic heterocycles. The summed E-state index contributed by atoms with van der Waals surface area (Å²) >= 11 is 0. The van der Waals surface area contributed by atoms with Gasteiger partial charge in [0.15, 0.2) is 0 Å². The number of amides is 2. The van der Waals surface area contributed by atoms with Gasteiger partial charge in [-0.15, -0.1) is 11.2 Å². The number of ether oxygens (including phenoxy) is 1. The van der Waals surface area contributed by atoms with Crippen molar-refractivity contribution in [2.24, 2.45) is 5.92 Å². The zero-order valence-electron chi connectivity index (χ0n) is 21.1. The van der Waals surface area contributed by atoms with Gasteiger partial charge in [0.25, 0.3) is 11.8 Å². The molecule has 0 fully saturated rings. The van der Waals surface area contributed by atoms with Crippen molar-refractivity contribution >= 4 is 22.6 Å². The Morgan fingerprint density at radius 2 is 1.53 bits per heavy atom. The molecule has 0 radical (unpaired) electrons. The van der Waals surface area contributed by atoms with Gasteiger partial charge in [0.2, 0.25) is 0 Å². The minimum Gasteiger partial charge on any atom is -0.494 e. The molecule has 4 N–H and O–H groups in total. The zero-order valence-corrected chi connectivity index (χ0v) is 21.1. The molecule has 192 valence electrons. The van der Waals surface area contributed by atoms with Crippen LogP contribution >= 0.6 is 0 Å². The summed E-state index contributed by atoms with van der Waals surface area (Å²) in [6.07, 6.45) is 0.947. The summed E-state index contributed by atoms with van der Waals surface area (Å²) < 4.78 is 5.79. The molecule has 0 bridgehead atoms. The number of hydrazine groups is 2. The maximum Gasteiger partial charge on any atom is 0.267 e. The van der Waals surface area contributed by atoms with Gasteiger partial charge in [-0.05, 0) is 84.5 Å². The van der Waals surface area contributed by atoms with Gasteiger partial charge in [-0.25, -0.2) is 0 Å². The van der Waals surface area contributed by atoms with Gasteiger partial charge in [0.05, 0.1) is 19.8 Å². The molecule has 3 aromatic carbocycles. The van der Waals surface area contributed by atoms with Crippen LogP contribution in [0.2, 0.25) is 0 Å². The molecule has 0 heterocycles. The van der Waals surface area contributed by atoms with Crippen LogP contribution in [0.15, 0.2) is 54.6 Å². The van der Waals surface area contributed by atoms with E-state index >= 15 is 0 Å². The number of rotatable bonds is 13. The van der Waals surface area contributed by atoms with Crippen molar-refractivity contribution in [2.75, 3.05) is 13.2 Å². The molecule has 0 aliphatic rings. The smallest absolute Gasteiger partial charge is 0.267 e. The Morgan fingerprint density at radius 1 is 0.833 bits per heavy atom. The maximum absolute atomic E-state index is 12.5. The number of aryl methyl sites for hydroxylation is 1. The van der Waals surface area contributed by atoms with E-state index in [9.17, 15) is 9.59 Å². The molecular formula is C27H34N4O5. The van der Waals surface area contributed by atoms with E-state index in [1.807, 2.05) is 44.2 Å². The summed E-state index contributed by atoms with van der Waals surface area (Å²) in [6.45, 7) is 9.28. The topological polar surface area (TPSA) is 110 Å². The number of hydrogen-bond donors (Lipinski definition) is 4. The number of carbonyl (C=O) groups is 2. The Balaban J connectivity index is 1.50. The fourth-order valence-corrected chi connectivity index (χ4v) is 3.40. The van der Waals surface area contributed by atoms with Gasteiger partial charge in [0, 0.05) is 11.1 Å². The highest BCUT2D eigenvalue weighted by atomic mass is 16.7. The van der Waals surface area contributed by atoms with Crippen molar-refractivity contribution in [3.63, 3.8) is 0 Å². The van der Waals surface area contributed by atoms with Gasteiger partial charge in [-0.1, -0.05) is 32.0 Å². The monoisotopic (exact) mass is 494 g/mol. The first-order valence-electron chi connectivity index (χ1n) is 12.0. The lowest BCUT2D eigenvalue weighted by molar-refractivity contribution is 0.000667. The summed E-state index contributed by atoms with van der Waals surface area (Å²) in [6, 6.07) is 16.6. The molecule has 0 saturated heterocycles. The van der Waals surface area contributed by atoms with Crippen LogP contribution in [0.25, 0.3) is 10.8 Å². The van der Waals surface area contributed by atoms with Crippen molar-refractivity contribution in [2.45, 2.75) is 40.7 Å². The standard InChI is InChI=1S/C27H34N4O5/c1-5-35-30-28-26(32)23-9-8-21-14-20(6-7-22(21)15-23)17-36-31-29-27(33)24-12-19(4)13-25(16-24)34-11-10-18(2)3/h6-9,12-16,18,30-31H,5,10-11,17H2,1-4H3,(H,28,32)(H,29,33). The highest BCUT2D eigenvalue weighted by Gasteiger charge is 2.09. The fourth-order valence-electron chi connectivity index (χ4n) is 3.40. The zero-order chi connectivity index (χ0) is 25.9. The molecule has 9 nitrogen and oxygen atoms in total. The Labute approximate surface area is 211 Å². The van der Waals surface area contributed by atoms with Gasteiger partial charge < -0.3 is 4.74 Å². The second-order valence-corrected chi connectivity index (χ2v) is 8.80. The van der Waals surface area contributed by atoms with Crippen LogP contribution < -0.4 is 26.8 Å². The number of benzene rings is 3. The Kier molecular flexibility index (Phi) is 10.2. The van der Waals surface area contributed by atoms with E-state index in [2.05, 4.69) is 35.9 Å². The largest absolute Gasteiger partial charge is 0.494 e. The SMILES string of the molecule is CCONNC(=O)c1ccc2cc(CONNC(=O)c3cc(C)cc(OCCC(C)C)c3)ccc2c1. The van der Waals surface area contributed by atoms with Crippen LogP contribution in [0.1, 0.15) is 59.0 Å². The number of nitrogens with one attached hydrogen (secondary N) is 4. The minimum atomic E-state index is -0.324. The van der Waals surface area contributed by atoms with Crippen LogP contribution in [-0.2, 0) is 16.3 Å². The van der Waals surface area contributed by atoms with Gasteiger partial charge in [0.1, 0.15) is 5.75 Å². The van der Waals surface area contributed by atoms with E-state index in [4.69, 9.17) is 14.4 Å². The molecule has 0 atom stereocenters. The summed E-state index contributed by atoms with van der Waals surface area (Å²) in [5.41, 5.74) is 12.7. The second kappa shape index (κ2) is 13.6. The van der Waals surface area contributed by atoms with Gasteiger partial charge in [-0.3, -0.25) is 30.1 Å². The summed E-state index contributed by atoms with van der Waals surface area (Å²) in [5, 5.41) is 1.87. The van der Waals surface area contributed by atoms with E-state index in [0.29, 0.717) is 36.0 Å². The summed E-state index contributed by atoms with van der Waals surface area (Å²) in [7, 11) is 0. The van der Waals surface area contributed by atoms with Crippen molar-refractivity contribution in [1.29, 1.82) is 0 Å². The average molecular weight is 495 g/mol. The van der Waals surface area contributed by atoms with E-state index < -0.39 is 0 Å². The first kappa shape index (κ1) is 27.1. The van der Waals surface area contributed by atoms with E-state index in [0.717, 1.165) is 28.3 Å². The van der Waals surface area contributed by atoms with Crippen molar-refractivity contribution < 1.29 is 24.0 Å².